The lowest BCUT2D eigenvalue weighted by Crippen LogP contribution is -2.35. The zero-order chi connectivity index (χ0) is 17.9. The Bertz CT molecular complexity index is 886. The molecule has 1 aliphatic heterocycles. The second-order valence-corrected chi connectivity index (χ2v) is 7.58. The molecule has 0 spiro atoms. The van der Waals surface area contributed by atoms with Crippen LogP contribution >= 0.6 is 12.2 Å². The van der Waals surface area contributed by atoms with Crippen LogP contribution in [0.1, 0.15) is 48.9 Å². The summed E-state index contributed by atoms with van der Waals surface area (Å²) in [6.07, 6.45) is 8.87. The third-order valence-corrected chi connectivity index (χ3v) is 5.47. The number of fused-ring (bicyclic) bond motifs is 1. The largest absolute Gasteiger partial charge is 0.474 e. The Morgan fingerprint density at radius 1 is 1.27 bits per heavy atom. The van der Waals surface area contributed by atoms with Gasteiger partial charge in [0.25, 0.3) is 5.56 Å². The highest BCUT2D eigenvalue weighted by molar-refractivity contribution is 7.71. The Morgan fingerprint density at radius 3 is 2.96 bits per heavy atom. The Kier molecular flexibility index (Phi) is 5.17. The molecule has 6 nitrogen and oxygen atoms in total. The van der Waals surface area contributed by atoms with Crippen LogP contribution in [0.3, 0.4) is 0 Å². The number of pyridine rings is 1. The van der Waals surface area contributed by atoms with Gasteiger partial charge >= 0.3 is 0 Å². The van der Waals surface area contributed by atoms with Crippen LogP contribution in [0.5, 0.6) is 5.88 Å². The van der Waals surface area contributed by atoms with Crippen LogP contribution in [0.2, 0.25) is 0 Å². The Morgan fingerprint density at radius 2 is 2.12 bits per heavy atom. The predicted molar refractivity (Wildman–Crippen MR) is 102 cm³/mol. The fourth-order valence-electron chi connectivity index (χ4n) is 3.88. The van der Waals surface area contributed by atoms with Crippen molar-refractivity contribution < 1.29 is 4.74 Å². The summed E-state index contributed by atoms with van der Waals surface area (Å²) in [6.45, 7) is 2.21. The van der Waals surface area contributed by atoms with E-state index in [0.717, 1.165) is 55.1 Å². The minimum atomic E-state index is -0.0849. The van der Waals surface area contributed by atoms with Crippen molar-refractivity contribution in [2.45, 2.75) is 57.7 Å². The van der Waals surface area contributed by atoms with E-state index in [1.54, 1.807) is 6.20 Å². The fourth-order valence-corrected chi connectivity index (χ4v) is 4.10. The monoisotopic (exact) mass is 372 g/mol. The minimum Gasteiger partial charge on any atom is -0.474 e. The van der Waals surface area contributed by atoms with Crippen molar-refractivity contribution in [3.63, 3.8) is 0 Å². The summed E-state index contributed by atoms with van der Waals surface area (Å²) in [4.78, 5) is 24.7. The predicted octanol–water partition coefficient (Wildman–Crippen LogP) is 3.10. The number of aromatic amines is 2. The van der Waals surface area contributed by atoms with Gasteiger partial charge in [0, 0.05) is 43.5 Å². The summed E-state index contributed by atoms with van der Waals surface area (Å²) in [5.41, 5.74) is 2.74. The topological polar surface area (TPSA) is 74.0 Å². The third kappa shape index (κ3) is 3.88. The van der Waals surface area contributed by atoms with Crippen LogP contribution < -0.4 is 10.3 Å². The van der Waals surface area contributed by atoms with E-state index in [0.29, 0.717) is 11.3 Å². The summed E-state index contributed by atoms with van der Waals surface area (Å²) in [6, 6.07) is 4.02. The molecular formula is C19H24N4O2S. The lowest BCUT2D eigenvalue weighted by Gasteiger charge is -2.29. The first-order valence-corrected chi connectivity index (χ1v) is 9.77. The molecule has 0 bridgehead atoms. The van der Waals surface area contributed by atoms with Crippen molar-refractivity contribution in [3.05, 3.63) is 50.3 Å². The summed E-state index contributed by atoms with van der Waals surface area (Å²) >= 11 is 5.06. The number of aromatic nitrogens is 3. The second-order valence-electron chi connectivity index (χ2n) is 7.17. The number of hydrogen-bond acceptors (Lipinski definition) is 5. The molecule has 2 N–H and O–H groups in total. The van der Waals surface area contributed by atoms with Gasteiger partial charge in [0.1, 0.15) is 6.10 Å². The van der Waals surface area contributed by atoms with Gasteiger partial charge in [-0.1, -0.05) is 12.5 Å². The van der Waals surface area contributed by atoms with Gasteiger partial charge in [-0.3, -0.25) is 14.7 Å². The second kappa shape index (κ2) is 7.72. The van der Waals surface area contributed by atoms with Gasteiger partial charge in [0.15, 0.2) is 4.77 Å². The molecule has 26 heavy (non-hydrogen) atoms. The zero-order valence-electron chi connectivity index (χ0n) is 14.8. The van der Waals surface area contributed by atoms with Crippen molar-refractivity contribution in [3.8, 4) is 5.88 Å². The molecule has 138 valence electrons. The van der Waals surface area contributed by atoms with Crippen molar-refractivity contribution in [2.24, 2.45) is 0 Å². The quantitative estimate of drug-likeness (QED) is 0.807. The number of nitrogens with one attached hydrogen (secondary N) is 2. The summed E-state index contributed by atoms with van der Waals surface area (Å²) in [5, 5.41) is 0. The molecule has 1 aliphatic carbocycles. The van der Waals surface area contributed by atoms with Gasteiger partial charge in [-0.25, -0.2) is 4.98 Å². The van der Waals surface area contributed by atoms with Crippen LogP contribution in [0.4, 0.5) is 0 Å². The Hall–Kier alpha value is -1.99. The molecule has 4 rings (SSSR count). The molecular weight excluding hydrogens is 348 g/mol. The molecule has 2 aliphatic rings. The van der Waals surface area contributed by atoms with Gasteiger partial charge in [0.2, 0.25) is 5.88 Å². The number of hydrogen-bond donors (Lipinski definition) is 2. The molecule has 3 heterocycles. The van der Waals surface area contributed by atoms with E-state index < -0.39 is 0 Å². The molecule has 0 aromatic carbocycles. The molecule has 2 aromatic rings. The first kappa shape index (κ1) is 17.4. The first-order valence-electron chi connectivity index (χ1n) is 9.36. The normalized spacial score (nSPS) is 18.5. The Labute approximate surface area is 157 Å². The van der Waals surface area contributed by atoms with Crippen molar-refractivity contribution in [2.75, 3.05) is 6.54 Å². The lowest BCUT2D eigenvalue weighted by atomic mass is 9.98. The maximum atomic E-state index is 12.2. The van der Waals surface area contributed by atoms with E-state index in [1.165, 1.54) is 19.3 Å². The number of nitrogens with zero attached hydrogens (tertiary/aromatic N) is 2. The van der Waals surface area contributed by atoms with E-state index >= 15 is 0 Å². The molecule has 0 saturated heterocycles. The average Bonchev–Trinajstić information content (AvgIpc) is 2.65. The zero-order valence-corrected chi connectivity index (χ0v) is 15.6. The maximum Gasteiger partial charge on any atom is 0.256 e. The molecule has 2 aromatic heterocycles. The van der Waals surface area contributed by atoms with Crippen molar-refractivity contribution in [1.29, 1.82) is 0 Å². The van der Waals surface area contributed by atoms with Crippen molar-refractivity contribution >= 4 is 12.2 Å². The number of H-pyrrole nitrogens is 2. The fraction of sp³-hybridized carbons (Fsp3) is 0.526. The molecule has 0 radical (unpaired) electrons. The molecule has 1 saturated carbocycles. The lowest BCUT2D eigenvalue weighted by molar-refractivity contribution is 0.143. The minimum absolute atomic E-state index is 0.0849. The van der Waals surface area contributed by atoms with Crippen molar-refractivity contribution in [1.82, 2.24) is 19.9 Å². The highest BCUT2D eigenvalue weighted by atomic mass is 32.1. The summed E-state index contributed by atoms with van der Waals surface area (Å²) in [7, 11) is 0. The number of rotatable bonds is 4. The number of ether oxygens (including phenoxy) is 1. The van der Waals surface area contributed by atoms with Crippen LogP contribution in [0, 0.1) is 4.77 Å². The highest BCUT2D eigenvalue weighted by Crippen LogP contribution is 2.26. The molecule has 7 heteroatoms. The molecule has 0 unspecified atom stereocenters. The highest BCUT2D eigenvalue weighted by Gasteiger charge is 2.22. The summed E-state index contributed by atoms with van der Waals surface area (Å²) < 4.78 is 6.61. The van der Waals surface area contributed by atoms with E-state index in [9.17, 15) is 4.79 Å². The van der Waals surface area contributed by atoms with Crippen LogP contribution in [0.25, 0.3) is 0 Å². The van der Waals surface area contributed by atoms with Gasteiger partial charge in [0.05, 0.1) is 5.56 Å². The summed E-state index contributed by atoms with van der Waals surface area (Å²) in [5.74, 6) is 0.742. The molecule has 0 amide bonds. The Balaban J connectivity index is 1.49. The van der Waals surface area contributed by atoms with E-state index in [1.807, 2.05) is 6.07 Å². The van der Waals surface area contributed by atoms with Gasteiger partial charge in [-0.05, 0) is 44.0 Å². The van der Waals surface area contributed by atoms with Gasteiger partial charge in [-0.2, -0.15) is 0 Å². The van der Waals surface area contributed by atoms with Crippen LogP contribution in [0.15, 0.2) is 23.1 Å². The average molecular weight is 372 g/mol. The van der Waals surface area contributed by atoms with E-state index in [-0.39, 0.29) is 11.7 Å². The molecule has 0 atom stereocenters. The van der Waals surface area contributed by atoms with Gasteiger partial charge < -0.3 is 9.72 Å². The van der Waals surface area contributed by atoms with E-state index in [2.05, 4.69) is 25.9 Å². The maximum absolute atomic E-state index is 12.2. The van der Waals surface area contributed by atoms with Crippen LogP contribution in [-0.4, -0.2) is 32.5 Å². The van der Waals surface area contributed by atoms with Gasteiger partial charge in [-0.15, -0.1) is 0 Å². The molecule has 1 fully saturated rings. The first-order chi connectivity index (χ1) is 12.7. The standard InChI is InChI=1S/C19H24N4O2S/c24-17-15-12-23(10-8-16(15)21-19(26)22-17)11-13-5-4-9-20-18(13)25-14-6-2-1-3-7-14/h4-5,9,14H,1-3,6-8,10-12H2,(H2,21,22,24,26). The van der Waals surface area contributed by atoms with Crippen LogP contribution in [-0.2, 0) is 19.5 Å². The third-order valence-electron chi connectivity index (χ3n) is 5.26. The van der Waals surface area contributed by atoms with E-state index in [4.69, 9.17) is 17.0 Å². The SMILES string of the molecule is O=c1[nH]c(=S)[nH]c2c1CN(Cc1cccnc1OC1CCCCC1)CC2. The smallest absolute Gasteiger partial charge is 0.256 e.